The Kier molecular flexibility index (Phi) is 5.61. The van der Waals surface area contributed by atoms with Gasteiger partial charge >= 0.3 is 18.2 Å². The van der Waals surface area contributed by atoms with Crippen LogP contribution in [-0.4, -0.2) is 54.7 Å². The van der Waals surface area contributed by atoms with Gasteiger partial charge < -0.3 is 15.0 Å². The highest BCUT2D eigenvalue weighted by Crippen LogP contribution is 2.39. The zero-order valence-electron chi connectivity index (χ0n) is 14.9. The molecule has 7 nitrogen and oxygen atoms in total. The fourth-order valence-corrected chi connectivity index (χ4v) is 4.69. The maximum atomic E-state index is 13.1. The lowest BCUT2D eigenvalue weighted by atomic mass is 9.98. The van der Waals surface area contributed by atoms with Crippen LogP contribution in [0.3, 0.4) is 0 Å². The fraction of sp³-hybridized carbons (Fsp3) is 0.688. The highest BCUT2D eigenvalue weighted by molar-refractivity contribution is 7.16. The molecule has 11 heteroatoms. The van der Waals surface area contributed by atoms with Gasteiger partial charge in [-0.25, -0.2) is 14.6 Å². The number of ether oxygens (including phenoxy) is 1. The average molecular weight is 406 g/mol. The van der Waals surface area contributed by atoms with Gasteiger partial charge in [0.1, 0.15) is 4.88 Å². The lowest BCUT2D eigenvalue weighted by molar-refractivity contribution is -0.135. The van der Waals surface area contributed by atoms with E-state index in [-0.39, 0.29) is 29.1 Å². The predicted octanol–water partition coefficient (Wildman–Crippen LogP) is 2.80. The molecule has 2 fully saturated rings. The van der Waals surface area contributed by atoms with Crippen LogP contribution in [0, 0.1) is 11.8 Å². The van der Waals surface area contributed by atoms with Crippen molar-refractivity contribution in [3.8, 4) is 0 Å². The number of anilines is 1. The smallest absolute Gasteiger partial charge is 0.428 e. The van der Waals surface area contributed by atoms with E-state index < -0.39 is 28.7 Å². The molecule has 27 heavy (non-hydrogen) atoms. The Morgan fingerprint density at radius 1 is 1.33 bits per heavy atom. The molecular formula is C16H21F3N4O3S. The molecule has 1 aliphatic carbocycles. The van der Waals surface area contributed by atoms with Crippen molar-refractivity contribution in [2.24, 2.45) is 11.8 Å². The fourth-order valence-electron chi connectivity index (χ4n) is 3.87. The largest absolute Gasteiger partial charge is 0.461 e. The van der Waals surface area contributed by atoms with E-state index in [9.17, 15) is 22.8 Å². The van der Waals surface area contributed by atoms with E-state index in [0.717, 1.165) is 25.9 Å². The molecule has 1 aromatic heterocycles. The number of hydrogen-bond donors (Lipinski definition) is 2. The van der Waals surface area contributed by atoms with E-state index in [2.05, 4.69) is 25.3 Å². The van der Waals surface area contributed by atoms with Gasteiger partial charge in [0.15, 0.2) is 10.8 Å². The number of carbonyl (C=O) groups excluding carboxylic acids is 2. The van der Waals surface area contributed by atoms with Gasteiger partial charge in [0.25, 0.3) is 0 Å². The summed E-state index contributed by atoms with van der Waals surface area (Å²) in [6, 6.07) is -0.639. The number of halogens is 3. The van der Waals surface area contributed by atoms with E-state index in [0.29, 0.717) is 11.8 Å². The van der Waals surface area contributed by atoms with Crippen molar-refractivity contribution >= 4 is 28.5 Å². The quantitative estimate of drug-likeness (QED) is 0.752. The van der Waals surface area contributed by atoms with E-state index in [1.165, 1.54) is 6.92 Å². The van der Waals surface area contributed by atoms with Crippen LogP contribution in [0.25, 0.3) is 0 Å². The number of thiazole rings is 1. The summed E-state index contributed by atoms with van der Waals surface area (Å²) in [5, 5.41) is 4.87. The second kappa shape index (κ2) is 7.63. The number of alkyl halides is 3. The van der Waals surface area contributed by atoms with Crippen molar-refractivity contribution in [2.45, 2.75) is 32.0 Å². The zero-order chi connectivity index (χ0) is 19.8. The topological polar surface area (TPSA) is 83.6 Å². The summed E-state index contributed by atoms with van der Waals surface area (Å²) in [5.41, 5.74) is -0.831. The first-order valence-corrected chi connectivity index (χ1v) is 9.52. The number of hydrogen-bond acceptors (Lipinski definition) is 6. The van der Waals surface area contributed by atoms with Gasteiger partial charge in [0.2, 0.25) is 0 Å². The summed E-state index contributed by atoms with van der Waals surface area (Å²) < 4.78 is 44.0. The van der Waals surface area contributed by atoms with E-state index >= 15 is 0 Å². The van der Waals surface area contributed by atoms with Gasteiger partial charge in [-0.1, -0.05) is 11.3 Å². The Labute approximate surface area is 158 Å². The normalized spacial score (nSPS) is 25.3. The minimum absolute atomic E-state index is 0.0217. The Morgan fingerprint density at radius 3 is 2.74 bits per heavy atom. The molecule has 0 spiro atoms. The predicted molar refractivity (Wildman–Crippen MR) is 92.7 cm³/mol. The van der Waals surface area contributed by atoms with Crippen LogP contribution in [-0.2, 0) is 10.9 Å². The lowest BCUT2D eigenvalue weighted by Gasteiger charge is -2.20. The number of esters is 1. The minimum atomic E-state index is -4.76. The Bertz CT molecular complexity index is 724. The van der Waals surface area contributed by atoms with Crippen LogP contribution >= 0.6 is 11.3 Å². The number of nitrogens with one attached hydrogen (secondary N) is 2. The second-order valence-electron chi connectivity index (χ2n) is 6.84. The molecule has 2 N–H and O–H groups in total. The Balaban J connectivity index is 1.68. The monoisotopic (exact) mass is 406 g/mol. The molecule has 2 heterocycles. The van der Waals surface area contributed by atoms with Crippen molar-refractivity contribution in [1.82, 2.24) is 15.2 Å². The van der Waals surface area contributed by atoms with E-state index in [4.69, 9.17) is 0 Å². The molecule has 1 aliphatic heterocycles. The van der Waals surface area contributed by atoms with Gasteiger partial charge in [-0.05, 0) is 38.6 Å². The number of urea groups is 1. The number of carbonyl (C=O) groups is 2. The SMILES string of the molecule is CCOC(=O)c1nc(NC(=O)NC2CCC3CN(C)CC32)sc1C(F)(F)F. The van der Waals surface area contributed by atoms with Gasteiger partial charge in [0.05, 0.1) is 6.61 Å². The van der Waals surface area contributed by atoms with Gasteiger partial charge in [-0.3, -0.25) is 5.32 Å². The average Bonchev–Trinajstić information content (AvgIpc) is 3.23. The molecule has 0 bridgehead atoms. The Morgan fingerprint density at radius 2 is 2.07 bits per heavy atom. The molecule has 0 aromatic carbocycles. The number of fused-ring (bicyclic) bond motifs is 1. The van der Waals surface area contributed by atoms with Gasteiger partial charge in [-0.2, -0.15) is 13.2 Å². The number of likely N-dealkylation sites (tertiary alicyclic amines) is 1. The third-order valence-electron chi connectivity index (χ3n) is 4.93. The summed E-state index contributed by atoms with van der Waals surface area (Å²) in [6.07, 6.45) is -2.90. The molecule has 2 amide bonds. The third-order valence-corrected chi connectivity index (χ3v) is 5.95. The maximum Gasteiger partial charge on any atom is 0.428 e. The maximum absolute atomic E-state index is 13.1. The molecule has 0 radical (unpaired) electrons. The Hall–Kier alpha value is -1.88. The van der Waals surface area contributed by atoms with Crippen molar-refractivity contribution in [1.29, 1.82) is 0 Å². The third kappa shape index (κ3) is 4.34. The van der Waals surface area contributed by atoms with E-state index in [1.807, 2.05) is 7.05 Å². The summed E-state index contributed by atoms with van der Waals surface area (Å²) in [7, 11) is 2.03. The first kappa shape index (κ1) is 19.9. The van der Waals surface area contributed by atoms with Crippen LogP contribution in [0.15, 0.2) is 0 Å². The van der Waals surface area contributed by atoms with Crippen LogP contribution in [0.2, 0.25) is 0 Å². The molecule has 150 valence electrons. The number of nitrogens with zero attached hydrogens (tertiary/aromatic N) is 2. The highest BCUT2D eigenvalue weighted by atomic mass is 32.1. The molecule has 1 saturated heterocycles. The standard InChI is InChI=1S/C16H21F3N4O3S/c1-3-26-13(24)11-12(16(17,18)19)27-15(21-11)22-14(25)20-10-5-4-8-6-23(2)7-9(8)10/h8-10H,3-7H2,1-2H3,(H2,20,21,22,25). The van der Waals surface area contributed by atoms with Crippen molar-refractivity contribution in [3.05, 3.63) is 10.6 Å². The number of amides is 2. The van der Waals surface area contributed by atoms with Crippen LogP contribution in [0.5, 0.6) is 0 Å². The second-order valence-corrected chi connectivity index (χ2v) is 7.84. The molecular weight excluding hydrogens is 385 g/mol. The summed E-state index contributed by atoms with van der Waals surface area (Å²) >= 11 is 0.210. The molecule has 2 aliphatic rings. The van der Waals surface area contributed by atoms with Gasteiger partial charge in [-0.15, -0.1) is 0 Å². The molecule has 1 saturated carbocycles. The summed E-state index contributed by atoms with van der Waals surface area (Å²) in [5.74, 6) is -0.285. The van der Waals surface area contributed by atoms with Crippen molar-refractivity contribution in [2.75, 3.05) is 32.1 Å². The zero-order valence-corrected chi connectivity index (χ0v) is 15.7. The molecule has 3 rings (SSSR count). The van der Waals surface area contributed by atoms with E-state index in [1.54, 1.807) is 0 Å². The first-order valence-electron chi connectivity index (χ1n) is 8.70. The minimum Gasteiger partial charge on any atom is -0.461 e. The number of aromatic nitrogens is 1. The first-order chi connectivity index (χ1) is 12.7. The molecule has 3 atom stereocenters. The van der Waals surface area contributed by atoms with Crippen LogP contribution in [0.4, 0.5) is 23.1 Å². The molecule has 1 aromatic rings. The molecule has 3 unspecified atom stereocenters. The van der Waals surface area contributed by atoms with Crippen molar-refractivity contribution < 1.29 is 27.5 Å². The van der Waals surface area contributed by atoms with Gasteiger partial charge in [0, 0.05) is 19.1 Å². The summed E-state index contributed by atoms with van der Waals surface area (Å²) in [4.78, 5) is 28.6. The summed E-state index contributed by atoms with van der Waals surface area (Å²) in [6.45, 7) is 3.29. The van der Waals surface area contributed by atoms with Crippen molar-refractivity contribution in [3.63, 3.8) is 0 Å². The van der Waals surface area contributed by atoms with Crippen LogP contribution < -0.4 is 10.6 Å². The van der Waals surface area contributed by atoms with Crippen LogP contribution in [0.1, 0.15) is 35.1 Å². The lowest BCUT2D eigenvalue weighted by Crippen LogP contribution is -2.41. The highest BCUT2D eigenvalue weighted by Gasteiger charge is 2.43. The number of rotatable bonds is 4.